The van der Waals surface area contributed by atoms with Crippen molar-refractivity contribution in [2.24, 2.45) is 0 Å². The fourth-order valence-corrected chi connectivity index (χ4v) is 1.52. The van der Waals surface area contributed by atoms with Gasteiger partial charge in [0.15, 0.2) is 0 Å². The van der Waals surface area contributed by atoms with E-state index in [1.807, 2.05) is 38.1 Å². The molecular formula is C16H24Cl2HfNSi. The van der Waals surface area contributed by atoms with Crippen LogP contribution in [0.4, 0.5) is 5.69 Å². The van der Waals surface area contributed by atoms with Crippen LogP contribution in [0.25, 0.3) is 5.73 Å². The van der Waals surface area contributed by atoms with E-state index in [9.17, 15) is 0 Å². The second-order valence-electron chi connectivity index (χ2n) is 4.35. The van der Waals surface area contributed by atoms with Crippen molar-refractivity contribution in [1.29, 1.82) is 0 Å². The summed E-state index contributed by atoms with van der Waals surface area (Å²) in [6.45, 7) is 10.4. The molecule has 1 aliphatic rings. The molecule has 1 N–H and O–H groups in total. The summed E-state index contributed by atoms with van der Waals surface area (Å²) in [5.74, 6) is 0. The molecule has 0 heterocycles. The molecule has 0 saturated carbocycles. The van der Waals surface area contributed by atoms with Gasteiger partial charge in [0.05, 0.1) is 0 Å². The Labute approximate surface area is 164 Å². The van der Waals surface area contributed by atoms with E-state index in [0.29, 0.717) is 5.69 Å². The first-order chi connectivity index (χ1) is 8.52. The number of rotatable bonds is 0. The van der Waals surface area contributed by atoms with Gasteiger partial charge in [-0.2, -0.15) is 6.08 Å². The molecule has 0 saturated heterocycles. The first kappa shape index (κ1) is 29.2. The second-order valence-corrected chi connectivity index (χ2v) is 5.51. The van der Waals surface area contributed by atoms with Gasteiger partial charge in [-0.3, -0.25) is 6.08 Å². The van der Waals surface area contributed by atoms with Crippen LogP contribution >= 0.6 is 0 Å². The number of benzene rings is 1. The van der Waals surface area contributed by atoms with Crippen LogP contribution in [0.5, 0.6) is 0 Å². The minimum absolute atomic E-state index is 0. The summed E-state index contributed by atoms with van der Waals surface area (Å²) in [6, 6.07) is 4.07. The Morgan fingerprint density at radius 2 is 1.48 bits per heavy atom. The maximum Gasteiger partial charge on any atom is 4.00 e. The minimum Gasteiger partial charge on any atom is -1.00 e. The van der Waals surface area contributed by atoms with Crippen LogP contribution < -0.4 is 24.8 Å². The van der Waals surface area contributed by atoms with E-state index in [2.05, 4.69) is 32.2 Å². The molecule has 0 atom stereocenters. The fraction of sp³-hybridized carbons (Fsp3) is 0.375. The van der Waals surface area contributed by atoms with Crippen molar-refractivity contribution < 1.29 is 50.7 Å². The predicted molar refractivity (Wildman–Crippen MR) is 85.1 cm³/mol. The van der Waals surface area contributed by atoms with Gasteiger partial charge in [0.25, 0.3) is 0 Å². The number of hydrogen-bond acceptors (Lipinski definition) is 0. The van der Waals surface area contributed by atoms with Crippen LogP contribution in [0, 0.1) is 26.8 Å². The normalized spacial score (nSPS) is 9.76. The summed E-state index contributed by atoms with van der Waals surface area (Å²) < 4.78 is 0. The topological polar surface area (TPSA) is 23.8 Å². The zero-order valence-electron chi connectivity index (χ0n) is 13.4. The van der Waals surface area contributed by atoms with Crippen LogP contribution in [-0.4, -0.2) is 9.52 Å². The molecule has 1 nitrogen and oxygen atoms in total. The molecule has 0 spiro atoms. The van der Waals surface area contributed by atoms with Gasteiger partial charge >= 0.3 is 25.8 Å². The average Bonchev–Trinajstić information content (AvgIpc) is 2.85. The van der Waals surface area contributed by atoms with E-state index in [0.717, 1.165) is 27.1 Å². The Hall–Kier alpha value is 0.167. The first-order valence-electron chi connectivity index (χ1n) is 6.28. The Balaban J connectivity index is -0.000000113. The Bertz CT molecular complexity index is 388. The Morgan fingerprint density at radius 3 is 1.71 bits per heavy atom. The molecule has 2 rings (SSSR count). The Morgan fingerprint density at radius 1 is 1.05 bits per heavy atom. The van der Waals surface area contributed by atoms with Crippen molar-refractivity contribution in [3.63, 3.8) is 0 Å². The minimum atomic E-state index is 0. The summed E-state index contributed by atoms with van der Waals surface area (Å²) in [4.78, 5) is 0. The van der Waals surface area contributed by atoms with Crippen LogP contribution in [0.1, 0.15) is 23.1 Å². The molecule has 1 radical (unpaired) electrons. The molecule has 0 fully saturated rings. The van der Waals surface area contributed by atoms with Crippen LogP contribution in [0.2, 0.25) is 13.1 Å². The van der Waals surface area contributed by atoms with Gasteiger partial charge in [0, 0.05) is 9.52 Å². The quantitative estimate of drug-likeness (QED) is 0.322. The van der Waals surface area contributed by atoms with E-state index < -0.39 is 0 Å². The van der Waals surface area contributed by atoms with Crippen molar-refractivity contribution >= 4 is 15.2 Å². The second kappa shape index (κ2) is 18.2. The maximum atomic E-state index is 7.54. The first-order valence-corrected chi connectivity index (χ1v) is 8.59. The van der Waals surface area contributed by atoms with Gasteiger partial charge in [-0.25, -0.2) is 12.2 Å². The number of allylic oxidation sites excluding steroid dienone is 4. The van der Waals surface area contributed by atoms with E-state index in [1.54, 1.807) is 0 Å². The molecule has 0 aromatic heterocycles. The van der Waals surface area contributed by atoms with Gasteiger partial charge in [-0.05, 0) is 20.8 Å². The molecule has 21 heavy (non-hydrogen) atoms. The number of aryl methyl sites for hydroxylation is 3. The summed E-state index contributed by atoms with van der Waals surface area (Å²) in [5, 5.41) is 0. The third kappa shape index (κ3) is 14.9. The van der Waals surface area contributed by atoms with Gasteiger partial charge in [0.2, 0.25) is 0 Å². The number of nitrogens with one attached hydrogen (secondary N) is 1. The predicted octanol–water partition coefficient (Wildman–Crippen LogP) is -0.874. The van der Waals surface area contributed by atoms with Crippen molar-refractivity contribution in [1.82, 2.24) is 0 Å². The molecule has 0 unspecified atom stereocenters. The van der Waals surface area contributed by atoms with Crippen LogP contribution in [-0.2, 0) is 25.8 Å². The molecule has 1 aliphatic carbocycles. The van der Waals surface area contributed by atoms with Crippen molar-refractivity contribution in [3.8, 4) is 0 Å². The molecule has 0 amide bonds. The fourth-order valence-electron chi connectivity index (χ4n) is 1.52. The monoisotopic (exact) mass is 508 g/mol. The third-order valence-corrected chi connectivity index (χ3v) is 2.26. The molecule has 0 bridgehead atoms. The number of halogens is 2. The molecule has 1 aromatic rings. The maximum absolute atomic E-state index is 7.54. The zero-order chi connectivity index (χ0) is 14.0. The third-order valence-electron chi connectivity index (χ3n) is 2.26. The van der Waals surface area contributed by atoms with Gasteiger partial charge < -0.3 is 30.5 Å². The SMILES string of the molecule is C[SiH]C.Cc1cc(C)c([NH-])c(C)c1.[C-]1=CC=CC1.[Cl-].[Cl-].[Hf+4]. The van der Waals surface area contributed by atoms with E-state index in [-0.39, 0.29) is 50.7 Å². The summed E-state index contributed by atoms with van der Waals surface area (Å²) in [7, 11) is 0.750. The molecule has 115 valence electrons. The van der Waals surface area contributed by atoms with E-state index >= 15 is 0 Å². The smallest absolute Gasteiger partial charge is 1.00 e. The van der Waals surface area contributed by atoms with Crippen LogP contribution in [0.3, 0.4) is 0 Å². The largest absolute Gasteiger partial charge is 4.00 e. The van der Waals surface area contributed by atoms with Crippen LogP contribution in [0.15, 0.2) is 30.4 Å². The Kier molecular flexibility index (Phi) is 25.3. The zero-order valence-corrected chi connectivity index (χ0v) is 19.7. The standard InChI is InChI=1S/C9H12N.C5H5.C2H7Si.2ClH.Hf/c1-6-4-7(2)9(10)8(3)5-6;1-2-4-5-3-1;1-3-2;;;/h4-5,10H,1-3H3;1-3H,4H2;3H,1-2H3;2*1H;/q2*-1;;;;+4/p-2. The molecule has 1 aromatic carbocycles. The van der Waals surface area contributed by atoms with Crippen molar-refractivity contribution in [3.05, 3.63) is 58.9 Å². The summed E-state index contributed by atoms with van der Waals surface area (Å²) >= 11 is 0. The summed E-state index contributed by atoms with van der Waals surface area (Å²) in [5.41, 5.74) is 11.6. The molecule has 0 aliphatic heterocycles. The van der Waals surface area contributed by atoms with E-state index in [4.69, 9.17) is 5.73 Å². The van der Waals surface area contributed by atoms with Gasteiger partial charge in [-0.15, -0.1) is 12.1 Å². The number of hydrogen-bond donors (Lipinski definition) is 0. The van der Waals surface area contributed by atoms with Crippen molar-refractivity contribution in [2.75, 3.05) is 0 Å². The summed E-state index contributed by atoms with van der Waals surface area (Å²) in [6.07, 6.45) is 10.0. The average molecular weight is 508 g/mol. The van der Waals surface area contributed by atoms with E-state index in [1.165, 1.54) is 5.56 Å². The van der Waals surface area contributed by atoms with Gasteiger partial charge in [0.1, 0.15) is 0 Å². The molecule has 5 heteroatoms. The van der Waals surface area contributed by atoms with Crippen molar-refractivity contribution in [2.45, 2.75) is 40.3 Å². The molecular weight excluding hydrogens is 484 g/mol. The van der Waals surface area contributed by atoms with Gasteiger partial charge in [-0.1, -0.05) is 41.9 Å².